The van der Waals surface area contributed by atoms with Gasteiger partial charge in [0, 0.05) is 29.1 Å². The van der Waals surface area contributed by atoms with Gasteiger partial charge in [0.1, 0.15) is 12.0 Å². The molecule has 3 aromatic heterocycles. The molecule has 3 heterocycles. The molecule has 0 aliphatic heterocycles. The molecule has 4 rings (SSSR count). The Labute approximate surface area is 187 Å². The van der Waals surface area contributed by atoms with Crippen LogP contribution in [0.2, 0.25) is 0 Å². The lowest BCUT2D eigenvalue weighted by atomic mass is 10.0. The number of nitrogens with zero attached hydrogens (tertiary/aromatic N) is 3. The fourth-order valence-electron chi connectivity index (χ4n) is 3.23. The van der Waals surface area contributed by atoms with Crippen LogP contribution in [0.5, 0.6) is 0 Å². The molecular formula is C24H19F3N4O2. The van der Waals surface area contributed by atoms with Crippen LogP contribution in [-0.2, 0) is 6.18 Å². The van der Waals surface area contributed by atoms with E-state index in [1.807, 2.05) is 25.1 Å². The van der Waals surface area contributed by atoms with Gasteiger partial charge in [-0.05, 0) is 55.3 Å². The van der Waals surface area contributed by atoms with Crippen molar-refractivity contribution in [3.8, 4) is 22.7 Å². The number of pyridine rings is 2. The highest BCUT2D eigenvalue weighted by Gasteiger charge is 2.32. The summed E-state index contributed by atoms with van der Waals surface area (Å²) in [4.78, 5) is 25.1. The largest absolute Gasteiger partial charge is 0.445 e. The highest BCUT2D eigenvalue weighted by atomic mass is 19.4. The van der Waals surface area contributed by atoms with E-state index in [4.69, 9.17) is 4.42 Å². The first kappa shape index (κ1) is 22.2. The highest BCUT2D eigenvalue weighted by Crippen LogP contribution is 2.29. The molecule has 1 N–H and O–H groups in total. The van der Waals surface area contributed by atoms with Gasteiger partial charge in [-0.3, -0.25) is 14.8 Å². The minimum Gasteiger partial charge on any atom is -0.445 e. The number of carbonyl (C=O) groups excluding carboxylic acids is 1. The number of nitrogens with one attached hydrogen (secondary N) is 1. The van der Waals surface area contributed by atoms with Crippen molar-refractivity contribution >= 4 is 5.91 Å². The SMILES string of the molecule is Cc1ccc(-c2cc(C(=O)N[C@H](C)c3ccc(C(F)(F)F)nc3)cc(-c3ncco3)c2)nc1. The van der Waals surface area contributed by atoms with Gasteiger partial charge in [-0.25, -0.2) is 4.98 Å². The average Bonchev–Trinajstić information content (AvgIpc) is 3.34. The van der Waals surface area contributed by atoms with Crippen LogP contribution in [-0.4, -0.2) is 20.9 Å². The summed E-state index contributed by atoms with van der Waals surface area (Å²) in [6, 6.07) is 10.5. The predicted octanol–water partition coefficient (Wildman–Crippen LogP) is 5.62. The Morgan fingerprint density at radius 3 is 2.39 bits per heavy atom. The summed E-state index contributed by atoms with van der Waals surface area (Å²) in [7, 11) is 0. The number of rotatable bonds is 5. The lowest BCUT2D eigenvalue weighted by molar-refractivity contribution is -0.141. The molecule has 33 heavy (non-hydrogen) atoms. The van der Waals surface area contributed by atoms with Gasteiger partial charge in [0.15, 0.2) is 0 Å². The minimum absolute atomic E-state index is 0.329. The van der Waals surface area contributed by atoms with Crippen molar-refractivity contribution < 1.29 is 22.4 Å². The molecule has 0 radical (unpaired) electrons. The Bertz CT molecular complexity index is 1250. The van der Waals surface area contributed by atoms with Gasteiger partial charge in [-0.15, -0.1) is 0 Å². The standard InChI is InChI=1S/C24H19F3N4O2/c1-14-3-5-20(29-12-14)17-9-18(11-19(10-17)23-28-7-8-33-23)22(32)31-15(2)16-4-6-21(30-13-16)24(25,26)27/h3-13,15H,1-2H3,(H,31,32)/t15-/m1/s1. The Balaban J connectivity index is 1.63. The number of aryl methyl sites for hydroxylation is 1. The van der Waals surface area contributed by atoms with Crippen LogP contribution in [0, 0.1) is 6.92 Å². The normalized spacial score (nSPS) is 12.4. The number of aromatic nitrogens is 3. The summed E-state index contributed by atoms with van der Waals surface area (Å²) in [5, 5.41) is 2.80. The van der Waals surface area contributed by atoms with Crippen LogP contribution in [0.4, 0.5) is 13.2 Å². The van der Waals surface area contributed by atoms with Crippen LogP contribution < -0.4 is 5.32 Å². The van der Waals surface area contributed by atoms with Gasteiger partial charge in [-0.1, -0.05) is 12.1 Å². The van der Waals surface area contributed by atoms with Gasteiger partial charge < -0.3 is 9.73 Å². The van der Waals surface area contributed by atoms with E-state index in [2.05, 4.69) is 20.3 Å². The zero-order valence-corrected chi connectivity index (χ0v) is 17.7. The van der Waals surface area contributed by atoms with Gasteiger partial charge in [0.25, 0.3) is 5.91 Å². The number of amides is 1. The van der Waals surface area contributed by atoms with E-state index in [-0.39, 0.29) is 0 Å². The molecule has 0 saturated carbocycles. The Kier molecular flexibility index (Phi) is 5.95. The van der Waals surface area contributed by atoms with Crippen LogP contribution in [0.3, 0.4) is 0 Å². The third kappa shape index (κ3) is 5.08. The molecule has 4 aromatic rings. The second-order valence-electron chi connectivity index (χ2n) is 7.53. The van der Waals surface area contributed by atoms with Gasteiger partial charge >= 0.3 is 6.18 Å². The molecule has 9 heteroatoms. The predicted molar refractivity (Wildman–Crippen MR) is 115 cm³/mol. The second-order valence-corrected chi connectivity index (χ2v) is 7.53. The van der Waals surface area contributed by atoms with E-state index in [9.17, 15) is 18.0 Å². The van der Waals surface area contributed by atoms with Gasteiger partial charge in [0.2, 0.25) is 5.89 Å². The molecule has 168 valence electrons. The first-order valence-electron chi connectivity index (χ1n) is 10.0. The summed E-state index contributed by atoms with van der Waals surface area (Å²) in [6.45, 7) is 3.60. The first-order valence-corrected chi connectivity index (χ1v) is 10.0. The van der Waals surface area contributed by atoms with Crippen LogP contribution in [0.1, 0.15) is 40.1 Å². The van der Waals surface area contributed by atoms with Crippen molar-refractivity contribution in [3.63, 3.8) is 0 Å². The Hall–Kier alpha value is -4.01. The van der Waals surface area contributed by atoms with Crippen molar-refractivity contribution in [2.45, 2.75) is 26.1 Å². The topological polar surface area (TPSA) is 80.9 Å². The monoisotopic (exact) mass is 452 g/mol. The second kappa shape index (κ2) is 8.85. The van der Waals surface area contributed by atoms with E-state index in [1.54, 1.807) is 25.3 Å². The smallest absolute Gasteiger partial charge is 0.433 e. The summed E-state index contributed by atoms with van der Waals surface area (Å²) < 4.78 is 43.7. The molecule has 0 bridgehead atoms. The molecule has 0 aliphatic rings. The van der Waals surface area contributed by atoms with Gasteiger partial charge in [0.05, 0.1) is 17.9 Å². The summed E-state index contributed by atoms with van der Waals surface area (Å²) in [5.41, 5.74) is 2.74. The van der Waals surface area contributed by atoms with Gasteiger partial charge in [-0.2, -0.15) is 13.2 Å². The highest BCUT2D eigenvalue weighted by molar-refractivity contribution is 5.97. The van der Waals surface area contributed by atoms with E-state index < -0.39 is 23.8 Å². The van der Waals surface area contributed by atoms with Crippen LogP contribution in [0.25, 0.3) is 22.7 Å². The fraction of sp³-hybridized carbons (Fsp3) is 0.167. The lowest BCUT2D eigenvalue weighted by Crippen LogP contribution is -2.27. The summed E-state index contributed by atoms with van der Waals surface area (Å²) in [5.74, 6) is -0.0674. The van der Waals surface area contributed by atoms with Crippen molar-refractivity contribution in [1.82, 2.24) is 20.3 Å². The van der Waals surface area contributed by atoms with Crippen LogP contribution >= 0.6 is 0 Å². The molecule has 0 fully saturated rings. The van der Waals surface area contributed by atoms with Crippen molar-refractivity contribution in [2.24, 2.45) is 0 Å². The fourth-order valence-corrected chi connectivity index (χ4v) is 3.23. The molecule has 1 aromatic carbocycles. The summed E-state index contributed by atoms with van der Waals surface area (Å²) in [6.07, 6.45) is 1.26. The zero-order valence-electron chi connectivity index (χ0n) is 17.7. The molecule has 0 spiro atoms. The molecule has 6 nitrogen and oxygen atoms in total. The maximum atomic E-state index is 13.0. The third-order valence-corrected chi connectivity index (χ3v) is 5.01. The molecule has 0 unspecified atom stereocenters. The number of hydrogen-bond donors (Lipinski definition) is 1. The van der Waals surface area contributed by atoms with Crippen molar-refractivity contribution in [1.29, 1.82) is 0 Å². The quantitative estimate of drug-likeness (QED) is 0.425. The number of carbonyl (C=O) groups is 1. The Morgan fingerprint density at radius 1 is 1.00 bits per heavy atom. The van der Waals surface area contributed by atoms with Crippen molar-refractivity contribution in [3.05, 3.63) is 89.7 Å². The number of hydrogen-bond acceptors (Lipinski definition) is 5. The van der Waals surface area contributed by atoms with Crippen LogP contribution in [0.15, 0.2) is 71.7 Å². The molecule has 1 amide bonds. The number of oxazole rings is 1. The van der Waals surface area contributed by atoms with E-state index >= 15 is 0 Å². The number of benzene rings is 1. The molecular weight excluding hydrogens is 433 g/mol. The number of alkyl halides is 3. The minimum atomic E-state index is -4.52. The number of halogens is 3. The van der Waals surface area contributed by atoms with Crippen molar-refractivity contribution in [2.75, 3.05) is 0 Å². The molecule has 1 atom stereocenters. The zero-order chi connectivity index (χ0) is 23.6. The molecule has 0 saturated heterocycles. The maximum Gasteiger partial charge on any atom is 0.433 e. The van der Waals surface area contributed by atoms with E-state index in [1.165, 1.54) is 18.5 Å². The van der Waals surface area contributed by atoms with E-state index in [0.29, 0.717) is 33.8 Å². The van der Waals surface area contributed by atoms with E-state index in [0.717, 1.165) is 17.8 Å². The third-order valence-electron chi connectivity index (χ3n) is 5.01. The maximum absolute atomic E-state index is 13.0. The average molecular weight is 452 g/mol. The Morgan fingerprint density at radius 2 is 1.79 bits per heavy atom. The lowest BCUT2D eigenvalue weighted by Gasteiger charge is -2.16. The summed E-state index contributed by atoms with van der Waals surface area (Å²) >= 11 is 0. The first-order chi connectivity index (χ1) is 15.7. The molecule has 0 aliphatic carbocycles.